The summed E-state index contributed by atoms with van der Waals surface area (Å²) < 4.78 is 34.1. The van der Waals surface area contributed by atoms with Gasteiger partial charge in [-0.05, 0) is 38.5 Å². The molecule has 0 rings (SSSR count). The smallest absolute Gasteiger partial charge is 0.462 e. The highest BCUT2D eigenvalue weighted by molar-refractivity contribution is 7.47. The summed E-state index contributed by atoms with van der Waals surface area (Å²) in [4.78, 5) is 35.0. The predicted octanol–water partition coefficient (Wildman–Crippen LogP) is 10.2. The van der Waals surface area contributed by atoms with Crippen molar-refractivity contribution in [2.75, 3.05) is 47.5 Å². The average Bonchev–Trinajstić information content (AvgIpc) is 3.02. The monoisotopic (exact) mass is 705 g/mol. The lowest BCUT2D eigenvalue weighted by molar-refractivity contribution is -0.870. The lowest BCUT2D eigenvalue weighted by Gasteiger charge is -2.24. The number of ether oxygens (including phenoxy) is 2. The summed E-state index contributed by atoms with van der Waals surface area (Å²) in [7, 11) is 1.48. The molecule has 0 aliphatic rings. The summed E-state index contributed by atoms with van der Waals surface area (Å²) in [5.74, 6) is -0.804. The fourth-order valence-corrected chi connectivity index (χ4v) is 5.93. The van der Waals surface area contributed by atoms with Crippen molar-refractivity contribution in [1.29, 1.82) is 0 Å². The molecule has 0 heterocycles. The van der Waals surface area contributed by atoms with E-state index in [0.717, 1.165) is 38.5 Å². The highest BCUT2D eigenvalue weighted by Crippen LogP contribution is 2.43. The number of hydrogen-bond acceptors (Lipinski definition) is 7. The van der Waals surface area contributed by atoms with Crippen LogP contribution in [0.3, 0.4) is 0 Å². The van der Waals surface area contributed by atoms with E-state index in [2.05, 4.69) is 26.0 Å². The molecule has 0 aliphatic carbocycles. The third-order valence-electron chi connectivity index (χ3n) is 8.30. The molecule has 0 saturated heterocycles. The van der Waals surface area contributed by atoms with Crippen molar-refractivity contribution in [3.8, 4) is 0 Å². The van der Waals surface area contributed by atoms with Crippen LogP contribution in [-0.2, 0) is 32.7 Å². The maximum absolute atomic E-state index is 12.6. The number of hydrogen-bond donors (Lipinski definition) is 1. The Kier molecular flexibility index (Phi) is 30.9. The van der Waals surface area contributed by atoms with Gasteiger partial charge in [-0.1, -0.05) is 129 Å². The Morgan fingerprint density at radius 3 is 1.56 bits per heavy atom. The maximum atomic E-state index is 12.6. The minimum atomic E-state index is -4.36. The number of quaternary nitrogens is 1. The summed E-state index contributed by atoms with van der Waals surface area (Å²) in [5, 5.41) is 0. The number of likely N-dealkylation sites (N-methyl/N-ethyl adjacent to an activating group) is 1. The minimum absolute atomic E-state index is 0.0338. The van der Waals surface area contributed by atoms with Gasteiger partial charge in [0, 0.05) is 12.8 Å². The van der Waals surface area contributed by atoms with Gasteiger partial charge in [-0.3, -0.25) is 18.6 Å². The van der Waals surface area contributed by atoms with E-state index in [-0.39, 0.29) is 25.6 Å². The molecule has 10 heteroatoms. The zero-order valence-electron chi connectivity index (χ0n) is 31.7. The largest absolute Gasteiger partial charge is 0.472 e. The Balaban J connectivity index is 4.32. The van der Waals surface area contributed by atoms with Gasteiger partial charge in [-0.25, -0.2) is 4.57 Å². The molecule has 0 aromatic heterocycles. The number of unbranched alkanes of at least 4 members (excludes halogenated alkanes) is 19. The Morgan fingerprint density at radius 2 is 1.06 bits per heavy atom. The minimum Gasteiger partial charge on any atom is -0.462 e. The molecule has 48 heavy (non-hydrogen) atoms. The molecule has 0 fully saturated rings. The fraction of sp³-hybridized carbons (Fsp3) is 0.895. The van der Waals surface area contributed by atoms with E-state index in [0.29, 0.717) is 23.9 Å². The van der Waals surface area contributed by atoms with Crippen LogP contribution in [0.25, 0.3) is 0 Å². The third-order valence-corrected chi connectivity index (χ3v) is 9.28. The SMILES string of the molecule is CCCCCC/C=C/CCCCCCCCCCCC(=O)O[C@H](COC(=O)CCCCCCCCC)COP(=O)(O)OCC[N+](C)(C)C. The van der Waals surface area contributed by atoms with Crippen molar-refractivity contribution < 1.29 is 42.1 Å². The fourth-order valence-electron chi connectivity index (χ4n) is 5.18. The summed E-state index contributed by atoms with van der Waals surface area (Å²) in [6.45, 7) is 4.36. The lowest BCUT2D eigenvalue weighted by atomic mass is 10.1. The van der Waals surface area contributed by atoms with Gasteiger partial charge in [0.25, 0.3) is 0 Å². The van der Waals surface area contributed by atoms with Crippen molar-refractivity contribution in [3.63, 3.8) is 0 Å². The second-order valence-electron chi connectivity index (χ2n) is 14.3. The van der Waals surface area contributed by atoms with E-state index in [1.807, 2.05) is 21.1 Å². The van der Waals surface area contributed by atoms with Gasteiger partial charge in [-0.15, -0.1) is 0 Å². The van der Waals surface area contributed by atoms with Gasteiger partial charge in [0.05, 0.1) is 27.7 Å². The molecule has 0 aromatic rings. The molecule has 0 saturated carbocycles. The van der Waals surface area contributed by atoms with E-state index in [4.69, 9.17) is 18.5 Å². The first-order chi connectivity index (χ1) is 23.0. The van der Waals surface area contributed by atoms with Crippen molar-refractivity contribution >= 4 is 19.8 Å². The van der Waals surface area contributed by atoms with E-state index in [1.165, 1.54) is 96.3 Å². The van der Waals surface area contributed by atoms with Crippen LogP contribution < -0.4 is 0 Å². The number of carbonyl (C=O) groups is 2. The number of nitrogens with zero attached hydrogens (tertiary/aromatic N) is 1. The summed E-state index contributed by atoms with van der Waals surface area (Å²) >= 11 is 0. The van der Waals surface area contributed by atoms with Crippen molar-refractivity contribution in [2.24, 2.45) is 0 Å². The van der Waals surface area contributed by atoms with Gasteiger partial charge in [0.15, 0.2) is 6.10 Å². The predicted molar refractivity (Wildman–Crippen MR) is 197 cm³/mol. The van der Waals surface area contributed by atoms with Gasteiger partial charge >= 0.3 is 19.8 Å². The summed E-state index contributed by atoms with van der Waals surface area (Å²) in [6, 6.07) is 0. The average molecular weight is 705 g/mol. The second kappa shape index (κ2) is 31.7. The normalized spacial score (nSPS) is 13.9. The second-order valence-corrected chi connectivity index (χ2v) is 15.8. The first kappa shape index (κ1) is 46.8. The Labute approximate surface area is 295 Å². The van der Waals surface area contributed by atoms with Crippen molar-refractivity contribution in [2.45, 2.75) is 174 Å². The van der Waals surface area contributed by atoms with Gasteiger partial charge < -0.3 is 18.9 Å². The molecule has 0 spiro atoms. The van der Waals surface area contributed by atoms with Crippen molar-refractivity contribution in [3.05, 3.63) is 12.2 Å². The standard InChI is InChI=1S/C38H74NO8P/c1-6-8-10-12-14-15-16-17-18-19-20-21-22-23-25-27-29-31-38(41)47-36(35-46-48(42,43)45-33-32-39(3,4)5)34-44-37(40)30-28-26-24-13-11-9-7-2/h15-16,36H,6-14,17-35H2,1-5H3/p+1/b16-15+/t36-/m1/s1. The van der Waals surface area contributed by atoms with Crippen molar-refractivity contribution in [1.82, 2.24) is 0 Å². The number of carbonyl (C=O) groups excluding carboxylic acids is 2. The molecule has 284 valence electrons. The molecule has 0 bridgehead atoms. The van der Waals surface area contributed by atoms with Gasteiger partial charge in [0.1, 0.15) is 19.8 Å². The molecule has 0 aliphatic heterocycles. The van der Waals surface area contributed by atoms with Crippen LogP contribution in [0.15, 0.2) is 12.2 Å². The highest BCUT2D eigenvalue weighted by atomic mass is 31.2. The molecule has 2 atom stereocenters. The van der Waals surface area contributed by atoms with Crippen LogP contribution in [0, 0.1) is 0 Å². The number of rotatable bonds is 35. The quantitative estimate of drug-likeness (QED) is 0.0228. The Hall–Kier alpha value is -1.25. The van der Waals surface area contributed by atoms with Crippen LogP contribution in [0.4, 0.5) is 0 Å². The van der Waals surface area contributed by atoms with E-state index >= 15 is 0 Å². The molecule has 0 amide bonds. The van der Waals surface area contributed by atoms with Crippen LogP contribution in [0.1, 0.15) is 168 Å². The summed E-state index contributed by atoms with van der Waals surface area (Å²) in [6.07, 6.45) is 29.9. The lowest BCUT2D eigenvalue weighted by Crippen LogP contribution is -2.37. The molecular weight excluding hydrogens is 629 g/mol. The van der Waals surface area contributed by atoms with E-state index in [1.54, 1.807) is 0 Å². The zero-order valence-corrected chi connectivity index (χ0v) is 32.6. The number of phosphoric acid groups is 1. The number of phosphoric ester groups is 1. The van der Waals surface area contributed by atoms with Crippen LogP contribution >= 0.6 is 7.82 Å². The maximum Gasteiger partial charge on any atom is 0.472 e. The van der Waals surface area contributed by atoms with Crippen LogP contribution in [-0.4, -0.2) is 74.9 Å². The zero-order chi connectivity index (χ0) is 35.8. The molecule has 0 radical (unpaired) electrons. The molecule has 9 nitrogen and oxygen atoms in total. The van der Waals surface area contributed by atoms with Crippen LogP contribution in [0.5, 0.6) is 0 Å². The topological polar surface area (TPSA) is 108 Å². The molecule has 1 unspecified atom stereocenters. The highest BCUT2D eigenvalue weighted by Gasteiger charge is 2.27. The van der Waals surface area contributed by atoms with Gasteiger partial charge in [0.2, 0.25) is 0 Å². The van der Waals surface area contributed by atoms with Crippen LogP contribution in [0.2, 0.25) is 0 Å². The van der Waals surface area contributed by atoms with Gasteiger partial charge in [-0.2, -0.15) is 0 Å². The molecule has 1 N–H and O–H groups in total. The Bertz CT molecular complexity index is 845. The molecular formula is C38H75NO8P+. The third kappa shape index (κ3) is 34.6. The van der Waals surface area contributed by atoms with E-state index in [9.17, 15) is 19.0 Å². The first-order valence-electron chi connectivity index (χ1n) is 19.4. The Morgan fingerprint density at radius 1 is 0.625 bits per heavy atom. The number of allylic oxidation sites excluding steroid dienone is 2. The first-order valence-corrected chi connectivity index (χ1v) is 20.9. The molecule has 0 aromatic carbocycles. The van der Waals surface area contributed by atoms with E-state index < -0.39 is 26.5 Å². The number of esters is 2. The summed E-state index contributed by atoms with van der Waals surface area (Å²) in [5.41, 5.74) is 0.